The van der Waals surface area contributed by atoms with Gasteiger partial charge in [0.15, 0.2) is 0 Å². The van der Waals surface area contributed by atoms with Gasteiger partial charge in [-0.1, -0.05) is 18.2 Å². The fourth-order valence-corrected chi connectivity index (χ4v) is 3.20. The lowest BCUT2D eigenvalue weighted by Gasteiger charge is -2.19. The number of hydrogen-bond acceptors (Lipinski definition) is 3. The van der Waals surface area contributed by atoms with Crippen molar-refractivity contribution in [3.63, 3.8) is 0 Å². The maximum absolute atomic E-state index is 11.7. The maximum atomic E-state index is 11.7. The fourth-order valence-electron chi connectivity index (χ4n) is 3.20. The molecule has 3 rings (SSSR count). The first-order valence-electron chi connectivity index (χ1n) is 6.74. The van der Waals surface area contributed by atoms with Crippen LogP contribution in [0, 0.1) is 5.92 Å². The lowest BCUT2D eigenvalue weighted by Crippen LogP contribution is -2.28. The summed E-state index contributed by atoms with van der Waals surface area (Å²) < 4.78 is 11.3. The molecule has 3 nitrogen and oxygen atoms in total. The summed E-state index contributed by atoms with van der Waals surface area (Å²) in [4.78, 5) is 11.7. The average molecular weight is 248 g/mol. The third-order valence-corrected chi connectivity index (χ3v) is 4.57. The summed E-state index contributed by atoms with van der Waals surface area (Å²) in [5.74, 6) is -0.102. The molecule has 0 saturated carbocycles. The molecule has 2 aliphatic heterocycles. The molecule has 2 heterocycles. The first-order valence-corrected chi connectivity index (χ1v) is 6.74. The van der Waals surface area contributed by atoms with E-state index in [0.29, 0.717) is 5.57 Å². The van der Waals surface area contributed by atoms with Crippen LogP contribution in [0.5, 0.6) is 0 Å². The van der Waals surface area contributed by atoms with E-state index in [1.807, 2.05) is 0 Å². The number of carbonyl (C=O) groups excluding carboxylic acids is 1. The highest BCUT2D eigenvalue weighted by Crippen LogP contribution is 2.49. The molecule has 0 aromatic carbocycles. The Bertz CT molecular complexity index is 437. The van der Waals surface area contributed by atoms with Gasteiger partial charge in [0, 0.05) is 11.5 Å². The highest BCUT2D eigenvalue weighted by molar-refractivity contribution is 5.91. The Kier molecular flexibility index (Phi) is 2.63. The van der Waals surface area contributed by atoms with Crippen LogP contribution in [0.1, 0.15) is 39.5 Å². The molecule has 4 atom stereocenters. The zero-order valence-corrected chi connectivity index (χ0v) is 11.1. The van der Waals surface area contributed by atoms with Crippen LogP contribution in [0.2, 0.25) is 0 Å². The molecular formula is C15H20O3. The van der Waals surface area contributed by atoms with Crippen molar-refractivity contribution >= 4 is 5.97 Å². The van der Waals surface area contributed by atoms with E-state index in [1.165, 1.54) is 5.57 Å². The van der Waals surface area contributed by atoms with Crippen LogP contribution in [0.15, 0.2) is 23.8 Å². The fraction of sp³-hybridized carbons (Fsp3) is 0.667. The summed E-state index contributed by atoms with van der Waals surface area (Å²) in [7, 11) is 0. The Labute approximate surface area is 108 Å². The van der Waals surface area contributed by atoms with Crippen molar-refractivity contribution < 1.29 is 14.3 Å². The normalized spacial score (nSPS) is 46.6. The van der Waals surface area contributed by atoms with Gasteiger partial charge in [0.2, 0.25) is 0 Å². The Morgan fingerprint density at radius 2 is 2.28 bits per heavy atom. The zero-order chi connectivity index (χ0) is 12.9. The molecule has 0 aromatic rings. The summed E-state index contributed by atoms with van der Waals surface area (Å²) in [5, 5.41) is 0. The second-order valence-electron chi connectivity index (χ2n) is 5.98. The van der Waals surface area contributed by atoms with Crippen LogP contribution in [0.25, 0.3) is 0 Å². The second-order valence-corrected chi connectivity index (χ2v) is 5.98. The van der Waals surface area contributed by atoms with E-state index in [4.69, 9.17) is 9.47 Å². The molecule has 2 fully saturated rings. The van der Waals surface area contributed by atoms with Crippen LogP contribution >= 0.6 is 0 Å². The molecule has 2 saturated heterocycles. The van der Waals surface area contributed by atoms with Crippen LogP contribution in [0.4, 0.5) is 0 Å². The van der Waals surface area contributed by atoms with E-state index in [1.54, 1.807) is 0 Å². The number of hydrogen-bond donors (Lipinski definition) is 0. The Balaban J connectivity index is 1.87. The third-order valence-electron chi connectivity index (χ3n) is 4.57. The molecule has 0 spiro atoms. The van der Waals surface area contributed by atoms with Crippen molar-refractivity contribution in [2.75, 3.05) is 0 Å². The van der Waals surface area contributed by atoms with Gasteiger partial charge in [0.1, 0.15) is 12.2 Å². The smallest absolute Gasteiger partial charge is 0.334 e. The lowest BCUT2D eigenvalue weighted by molar-refractivity contribution is -0.140. The van der Waals surface area contributed by atoms with Crippen molar-refractivity contribution in [2.24, 2.45) is 5.92 Å². The van der Waals surface area contributed by atoms with E-state index in [0.717, 1.165) is 25.7 Å². The average Bonchev–Trinajstić information content (AvgIpc) is 2.90. The predicted octanol–water partition coefficient (Wildman–Crippen LogP) is 2.76. The highest BCUT2D eigenvalue weighted by atomic mass is 16.6. The van der Waals surface area contributed by atoms with E-state index in [9.17, 15) is 4.79 Å². The van der Waals surface area contributed by atoms with Crippen LogP contribution in [-0.2, 0) is 14.3 Å². The minimum Gasteiger partial charge on any atom is -0.455 e. The van der Waals surface area contributed by atoms with Gasteiger partial charge >= 0.3 is 5.97 Å². The van der Waals surface area contributed by atoms with E-state index < -0.39 is 0 Å². The molecule has 1 aliphatic carbocycles. The number of fused-ring (bicyclic) bond motifs is 3. The SMILES string of the molecule is C=C1C(=O)O[C@H]2C1CC/C(C)=C/CC[C@@]1(C)OC21. The van der Waals surface area contributed by atoms with E-state index in [-0.39, 0.29) is 29.7 Å². The standard InChI is InChI=1S/C15H20O3/c1-9-5-4-8-15(3)13(18-15)12-11(7-6-9)10(2)14(16)17-12/h5,11-13H,2,4,6-8H2,1,3H3/b9-5+/t11?,12-,13?,15+/m0/s1. The molecule has 0 aromatic heterocycles. The minimum absolute atomic E-state index is 0.0671. The van der Waals surface area contributed by atoms with Gasteiger partial charge in [-0.05, 0) is 39.5 Å². The van der Waals surface area contributed by atoms with Crippen LogP contribution in [-0.4, -0.2) is 23.8 Å². The molecule has 3 aliphatic rings. The summed E-state index contributed by atoms with van der Waals surface area (Å²) in [5.41, 5.74) is 1.91. The number of allylic oxidation sites excluding steroid dienone is 2. The number of esters is 1. The molecule has 98 valence electrons. The van der Waals surface area contributed by atoms with Crippen LogP contribution < -0.4 is 0 Å². The van der Waals surface area contributed by atoms with Crippen molar-refractivity contribution in [3.05, 3.63) is 23.8 Å². The molecule has 0 N–H and O–H groups in total. The molecule has 0 amide bonds. The van der Waals surface area contributed by atoms with E-state index in [2.05, 4.69) is 26.5 Å². The summed E-state index contributed by atoms with van der Waals surface area (Å²) in [6, 6.07) is 0. The number of carbonyl (C=O) groups is 1. The summed E-state index contributed by atoms with van der Waals surface area (Å²) in [6.45, 7) is 8.17. The molecule has 0 radical (unpaired) electrons. The van der Waals surface area contributed by atoms with Gasteiger partial charge in [0.05, 0.1) is 5.60 Å². The minimum atomic E-state index is -0.233. The van der Waals surface area contributed by atoms with Gasteiger partial charge in [0.25, 0.3) is 0 Å². The van der Waals surface area contributed by atoms with Gasteiger partial charge in [-0.15, -0.1) is 0 Å². The second kappa shape index (κ2) is 3.95. The molecule has 2 unspecified atom stereocenters. The van der Waals surface area contributed by atoms with Gasteiger partial charge in [-0.3, -0.25) is 0 Å². The summed E-state index contributed by atoms with van der Waals surface area (Å²) in [6.07, 6.45) is 6.25. The largest absolute Gasteiger partial charge is 0.455 e. The third kappa shape index (κ3) is 1.81. The zero-order valence-electron chi connectivity index (χ0n) is 11.1. The van der Waals surface area contributed by atoms with Gasteiger partial charge in [-0.2, -0.15) is 0 Å². The quantitative estimate of drug-likeness (QED) is 0.286. The van der Waals surface area contributed by atoms with Crippen molar-refractivity contribution in [3.8, 4) is 0 Å². The van der Waals surface area contributed by atoms with E-state index >= 15 is 0 Å². The first-order chi connectivity index (χ1) is 8.51. The molecular weight excluding hydrogens is 228 g/mol. The maximum Gasteiger partial charge on any atom is 0.334 e. The topological polar surface area (TPSA) is 38.8 Å². The Morgan fingerprint density at radius 3 is 3.06 bits per heavy atom. The molecule has 0 bridgehead atoms. The Hall–Kier alpha value is -1.09. The van der Waals surface area contributed by atoms with Crippen LogP contribution in [0.3, 0.4) is 0 Å². The van der Waals surface area contributed by atoms with Crippen molar-refractivity contribution in [1.82, 2.24) is 0 Å². The monoisotopic (exact) mass is 248 g/mol. The molecule has 3 heteroatoms. The van der Waals surface area contributed by atoms with Crippen molar-refractivity contribution in [1.29, 1.82) is 0 Å². The predicted molar refractivity (Wildman–Crippen MR) is 68.0 cm³/mol. The molecule has 18 heavy (non-hydrogen) atoms. The number of ether oxygens (including phenoxy) is 2. The first kappa shape index (κ1) is 12.0. The van der Waals surface area contributed by atoms with Gasteiger partial charge < -0.3 is 9.47 Å². The lowest BCUT2D eigenvalue weighted by atomic mass is 9.84. The van der Waals surface area contributed by atoms with Gasteiger partial charge in [-0.25, -0.2) is 4.79 Å². The van der Waals surface area contributed by atoms with Crippen molar-refractivity contribution in [2.45, 2.75) is 57.3 Å². The number of epoxide rings is 1. The highest BCUT2D eigenvalue weighted by Gasteiger charge is 2.61. The summed E-state index contributed by atoms with van der Waals surface area (Å²) >= 11 is 0. The Morgan fingerprint density at radius 1 is 1.50 bits per heavy atom. The number of rotatable bonds is 0.